The number of aliphatic hydroxyl groups is 1. The van der Waals surface area contributed by atoms with Crippen molar-refractivity contribution in [2.75, 3.05) is 18.5 Å². The predicted octanol–water partition coefficient (Wildman–Crippen LogP) is 2.64. The maximum Gasteiger partial charge on any atom is 0.264 e. The summed E-state index contributed by atoms with van der Waals surface area (Å²) in [6, 6.07) is 1.76. The van der Waals surface area contributed by atoms with Crippen molar-refractivity contribution in [1.82, 2.24) is 4.90 Å². The van der Waals surface area contributed by atoms with Gasteiger partial charge in [-0.2, -0.15) is 0 Å². The second-order valence-electron chi connectivity index (χ2n) is 6.80. The molecule has 1 aliphatic rings. The predicted molar refractivity (Wildman–Crippen MR) is 88.3 cm³/mol. The van der Waals surface area contributed by atoms with Crippen LogP contribution in [0.5, 0.6) is 0 Å². The minimum Gasteiger partial charge on any atom is -0.394 e. The molecule has 1 atom stereocenters. The zero-order valence-corrected chi connectivity index (χ0v) is 14.4. The minimum absolute atomic E-state index is 0.00375. The van der Waals surface area contributed by atoms with Gasteiger partial charge in [0.1, 0.15) is 0 Å². The van der Waals surface area contributed by atoms with Crippen molar-refractivity contribution in [2.45, 2.75) is 46.6 Å². The van der Waals surface area contributed by atoms with Crippen LogP contribution in [-0.4, -0.2) is 41.0 Å². The van der Waals surface area contributed by atoms with Crippen LogP contribution in [0.25, 0.3) is 0 Å². The number of nitrogens with one attached hydrogen (secondary N) is 1. The van der Waals surface area contributed by atoms with Gasteiger partial charge in [-0.25, -0.2) is 0 Å². The maximum absolute atomic E-state index is 12.6. The lowest BCUT2D eigenvalue weighted by Crippen LogP contribution is -2.37. The summed E-state index contributed by atoms with van der Waals surface area (Å²) in [4.78, 5) is 27.1. The molecule has 1 aliphatic heterocycles. The van der Waals surface area contributed by atoms with Crippen molar-refractivity contribution >= 4 is 28.2 Å². The SMILES string of the molecule is Cc1cc(NC(=O)C(C)(C)C)sc1C(=O)N1CCC[C@@H]1CO. The Hall–Kier alpha value is -1.40. The van der Waals surface area contributed by atoms with Crippen LogP contribution < -0.4 is 5.32 Å². The molecule has 0 radical (unpaired) electrons. The van der Waals surface area contributed by atoms with E-state index >= 15 is 0 Å². The third-order valence-corrected chi connectivity index (χ3v) is 5.02. The van der Waals surface area contributed by atoms with Gasteiger partial charge in [0.2, 0.25) is 5.91 Å². The number of hydrogen-bond acceptors (Lipinski definition) is 4. The lowest BCUT2D eigenvalue weighted by molar-refractivity contribution is -0.123. The number of likely N-dealkylation sites (tertiary alicyclic amines) is 1. The minimum atomic E-state index is -0.473. The molecule has 0 bridgehead atoms. The van der Waals surface area contributed by atoms with Gasteiger partial charge in [-0.15, -0.1) is 11.3 Å². The van der Waals surface area contributed by atoms with Crippen LogP contribution >= 0.6 is 11.3 Å². The van der Waals surface area contributed by atoms with Crippen molar-refractivity contribution in [3.8, 4) is 0 Å². The van der Waals surface area contributed by atoms with Crippen LogP contribution in [0.4, 0.5) is 5.00 Å². The van der Waals surface area contributed by atoms with E-state index in [4.69, 9.17) is 0 Å². The van der Waals surface area contributed by atoms with Crippen molar-refractivity contribution in [3.63, 3.8) is 0 Å². The maximum atomic E-state index is 12.6. The van der Waals surface area contributed by atoms with Crippen LogP contribution in [0.2, 0.25) is 0 Å². The highest BCUT2D eigenvalue weighted by Gasteiger charge is 2.31. The molecule has 0 saturated carbocycles. The van der Waals surface area contributed by atoms with Gasteiger partial charge < -0.3 is 15.3 Å². The first-order valence-corrected chi connectivity index (χ1v) is 8.39. The second kappa shape index (κ2) is 6.38. The highest BCUT2D eigenvalue weighted by Crippen LogP contribution is 2.31. The fourth-order valence-electron chi connectivity index (χ4n) is 2.48. The molecule has 122 valence electrons. The normalized spacial score (nSPS) is 18.6. The molecule has 0 aliphatic carbocycles. The first kappa shape index (κ1) is 17.0. The Morgan fingerprint density at radius 1 is 1.45 bits per heavy atom. The molecule has 0 aromatic carbocycles. The van der Waals surface area contributed by atoms with E-state index in [1.54, 1.807) is 4.90 Å². The molecule has 6 heteroatoms. The number of aliphatic hydroxyl groups excluding tert-OH is 1. The molecule has 0 spiro atoms. The summed E-state index contributed by atoms with van der Waals surface area (Å²) >= 11 is 1.31. The molecular formula is C16H24N2O3S. The smallest absolute Gasteiger partial charge is 0.264 e. The Morgan fingerprint density at radius 2 is 2.14 bits per heavy atom. The summed E-state index contributed by atoms with van der Waals surface area (Å²) in [6.45, 7) is 8.12. The van der Waals surface area contributed by atoms with E-state index in [0.717, 1.165) is 18.4 Å². The van der Waals surface area contributed by atoms with E-state index in [-0.39, 0.29) is 24.5 Å². The average Bonchev–Trinajstić information content (AvgIpc) is 3.03. The largest absolute Gasteiger partial charge is 0.394 e. The van der Waals surface area contributed by atoms with Crippen molar-refractivity contribution in [2.24, 2.45) is 5.41 Å². The summed E-state index contributed by atoms with van der Waals surface area (Å²) < 4.78 is 0. The molecule has 2 amide bonds. The summed E-state index contributed by atoms with van der Waals surface area (Å²) in [5, 5.41) is 12.9. The fourth-order valence-corrected chi connectivity index (χ4v) is 3.50. The molecule has 2 N–H and O–H groups in total. The lowest BCUT2D eigenvalue weighted by Gasteiger charge is -2.22. The van der Waals surface area contributed by atoms with Gasteiger partial charge in [-0.3, -0.25) is 9.59 Å². The monoisotopic (exact) mass is 324 g/mol. The third kappa shape index (κ3) is 3.50. The molecule has 0 unspecified atom stereocenters. The van der Waals surface area contributed by atoms with Gasteiger partial charge in [-0.05, 0) is 31.4 Å². The Labute approximate surface area is 135 Å². The first-order valence-electron chi connectivity index (χ1n) is 7.57. The van der Waals surface area contributed by atoms with Gasteiger partial charge >= 0.3 is 0 Å². The summed E-state index contributed by atoms with van der Waals surface area (Å²) in [6.07, 6.45) is 1.77. The highest BCUT2D eigenvalue weighted by atomic mass is 32.1. The zero-order chi connectivity index (χ0) is 16.5. The van der Waals surface area contributed by atoms with E-state index in [9.17, 15) is 14.7 Å². The summed E-state index contributed by atoms with van der Waals surface area (Å²) in [5.74, 6) is -0.113. The number of anilines is 1. The number of hydrogen-bond donors (Lipinski definition) is 2. The molecule has 5 nitrogen and oxygen atoms in total. The van der Waals surface area contributed by atoms with Crippen molar-refractivity contribution < 1.29 is 14.7 Å². The Morgan fingerprint density at radius 3 is 2.73 bits per heavy atom. The van der Waals surface area contributed by atoms with Crippen LogP contribution in [0, 0.1) is 12.3 Å². The van der Waals surface area contributed by atoms with Crippen LogP contribution in [-0.2, 0) is 4.79 Å². The van der Waals surface area contributed by atoms with E-state index < -0.39 is 5.41 Å². The number of carbonyl (C=O) groups excluding carboxylic acids is 2. The molecular weight excluding hydrogens is 300 g/mol. The Balaban J connectivity index is 2.16. The van der Waals surface area contributed by atoms with E-state index in [1.807, 2.05) is 33.8 Å². The topological polar surface area (TPSA) is 69.6 Å². The molecule has 1 aromatic rings. The molecule has 22 heavy (non-hydrogen) atoms. The Bertz CT molecular complexity index is 574. The van der Waals surface area contributed by atoms with Gasteiger partial charge in [0.05, 0.1) is 22.5 Å². The molecule has 1 aromatic heterocycles. The van der Waals surface area contributed by atoms with Crippen LogP contribution in [0.15, 0.2) is 6.07 Å². The number of nitrogens with zero attached hydrogens (tertiary/aromatic N) is 1. The number of thiophene rings is 1. The molecule has 1 saturated heterocycles. The Kier molecular flexibility index (Phi) is 4.92. The van der Waals surface area contributed by atoms with Gasteiger partial charge in [0, 0.05) is 12.0 Å². The zero-order valence-electron chi connectivity index (χ0n) is 13.6. The van der Waals surface area contributed by atoms with E-state index in [0.29, 0.717) is 16.4 Å². The first-order chi connectivity index (χ1) is 10.2. The second-order valence-corrected chi connectivity index (χ2v) is 7.86. The highest BCUT2D eigenvalue weighted by molar-refractivity contribution is 7.18. The number of aryl methyl sites for hydroxylation is 1. The molecule has 2 rings (SSSR count). The standard InChI is InChI=1S/C16H24N2O3S/c1-10-8-12(17-15(21)16(2,3)4)22-13(10)14(20)18-7-5-6-11(18)9-19/h8,11,19H,5-7,9H2,1-4H3,(H,17,21)/t11-/m1/s1. The van der Waals surface area contributed by atoms with Gasteiger partial charge in [0.25, 0.3) is 5.91 Å². The van der Waals surface area contributed by atoms with Crippen molar-refractivity contribution in [1.29, 1.82) is 0 Å². The average molecular weight is 324 g/mol. The number of rotatable bonds is 3. The lowest BCUT2D eigenvalue weighted by atomic mass is 9.96. The van der Waals surface area contributed by atoms with E-state index in [2.05, 4.69) is 5.32 Å². The van der Waals surface area contributed by atoms with Gasteiger partial charge in [0.15, 0.2) is 0 Å². The fraction of sp³-hybridized carbons (Fsp3) is 0.625. The van der Waals surface area contributed by atoms with E-state index in [1.165, 1.54) is 11.3 Å². The number of carbonyl (C=O) groups is 2. The number of amides is 2. The third-order valence-electron chi connectivity index (χ3n) is 3.88. The van der Waals surface area contributed by atoms with Crippen LogP contribution in [0.1, 0.15) is 48.8 Å². The quantitative estimate of drug-likeness (QED) is 0.898. The summed E-state index contributed by atoms with van der Waals surface area (Å²) in [7, 11) is 0. The van der Waals surface area contributed by atoms with Gasteiger partial charge in [-0.1, -0.05) is 20.8 Å². The molecule has 1 fully saturated rings. The van der Waals surface area contributed by atoms with Crippen molar-refractivity contribution in [3.05, 3.63) is 16.5 Å². The van der Waals surface area contributed by atoms with Crippen LogP contribution in [0.3, 0.4) is 0 Å². The summed E-state index contributed by atoms with van der Waals surface area (Å²) in [5.41, 5.74) is 0.390. The molecule has 2 heterocycles.